The van der Waals surface area contributed by atoms with Crippen LogP contribution in [0, 0.1) is 5.92 Å². The van der Waals surface area contributed by atoms with E-state index in [9.17, 15) is 4.79 Å². The van der Waals surface area contributed by atoms with Gasteiger partial charge in [-0.3, -0.25) is 0 Å². The molecule has 64 valence electrons. The third-order valence-electron chi connectivity index (χ3n) is 2.41. The first-order valence-electron chi connectivity index (χ1n) is 3.82. The van der Waals surface area contributed by atoms with E-state index in [1.807, 2.05) is 0 Å². The zero-order valence-corrected chi connectivity index (χ0v) is 7.00. The molecule has 1 rings (SSSR count). The minimum absolute atomic E-state index is 0.227. The molecule has 11 heavy (non-hydrogen) atoms. The van der Waals surface area contributed by atoms with Gasteiger partial charge in [0.25, 0.3) is 0 Å². The molecule has 1 aliphatic rings. The Kier molecular flexibility index (Phi) is 2.62. The van der Waals surface area contributed by atoms with Crippen molar-refractivity contribution in [1.29, 1.82) is 0 Å². The van der Waals surface area contributed by atoms with Crippen molar-refractivity contribution >= 4 is 6.29 Å². The summed E-state index contributed by atoms with van der Waals surface area (Å²) in [6.07, 6.45) is 1.79. The topological polar surface area (TPSA) is 35.5 Å². The maximum Gasteiger partial charge on any atom is 0.151 e. The Bertz CT molecular complexity index is 140. The molecule has 2 atom stereocenters. The highest BCUT2D eigenvalue weighted by molar-refractivity contribution is 5.62. The molecule has 0 saturated carbocycles. The van der Waals surface area contributed by atoms with Crippen molar-refractivity contribution < 1.29 is 14.3 Å². The lowest BCUT2D eigenvalue weighted by Gasteiger charge is -2.26. The van der Waals surface area contributed by atoms with Crippen LogP contribution in [-0.2, 0) is 14.3 Å². The van der Waals surface area contributed by atoms with Crippen LogP contribution in [0.1, 0.15) is 13.3 Å². The highest BCUT2D eigenvalue weighted by Crippen LogP contribution is 2.26. The minimum atomic E-state index is -0.642. The predicted octanol–water partition coefficient (Wildman–Crippen LogP) is 0.627. The van der Waals surface area contributed by atoms with Crippen LogP contribution in [0.4, 0.5) is 0 Å². The molecule has 2 unspecified atom stereocenters. The molecule has 0 bridgehead atoms. The van der Waals surface area contributed by atoms with Crippen LogP contribution in [0.15, 0.2) is 0 Å². The smallest absolute Gasteiger partial charge is 0.151 e. The van der Waals surface area contributed by atoms with E-state index in [1.54, 1.807) is 14.0 Å². The van der Waals surface area contributed by atoms with Gasteiger partial charge >= 0.3 is 0 Å². The number of hydrogen-bond acceptors (Lipinski definition) is 3. The first kappa shape index (κ1) is 8.68. The zero-order valence-electron chi connectivity index (χ0n) is 7.00. The Morgan fingerprint density at radius 3 is 2.82 bits per heavy atom. The van der Waals surface area contributed by atoms with Gasteiger partial charge in [0.15, 0.2) is 6.29 Å². The number of carbonyl (C=O) groups excluding carboxylic acids is 1. The van der Waals surface area contributed by atoms with Crippen molar-refractivity contribution in [3.8, 4) is 0 Å². The van der Waals surface area contributed by atoms with Gasteiger partial charge in [-0.05, 0) is 13.3 Å². The Hall–Kier alpha value is -0.410. The molecule has 1 saturated heterocycles. The van der Waals surface area contributed by atoms with Crippen molar-refractivity contribution in [1.82, 2.24) is 0 Å². The lowest BCUT2D eigenvalue weighted by atomic mass is 9.90. The second kappa shape index (κ2) is 3.32. The number of rotatable bonds is 3. The molecule has 3 heteroatoms. The standard InChI is InChI=1S/C8H14O3/c1-8(6-9,10-2)7-3-4-11-5-7/h6-7H,3-5H2,1-2H3. The normalized spacial score (nSPS) is 29.8. The predicted molar refractivity (Wildman–Crippen MR) is 40.4 cm³/mol. The van der Waals surface area contributed by atoms with Gasteiger partial charge in [-0.2, -0.15) is 0 Å². The molecule has 1 heterocycles. The molecule has 3 nitrogen and oxygen atoms in total. The molecular weight excluding hydrogens is 144 g/mol. The molecule has 0 N–H and O–H groups in total. The van der Waals surface area contributed by atoms with Crippen molar-refractivity contribution in [3.05, 3.63) is 0 Å². The summed E-state index contributed by atoms with van der Waals surface area (Å²) in [6.45, 7) is 3.19. The van der Waals surface area contributed by atoms with Crippen molar-refractivity contribution in [3.63, 3.8) is 0 Å². The van der Waals surface area contributed by atoms with Crippen LogP contribution < -0.4 is 0 Å². The molecular formula is C8H14O3. The molecule has 0 spiro atoms. The van der Waals surface area contributed by atoms with E-state index >= 15 is 0 Å². The Labute approximate surface area is 66.7 Å². The van der Waals surface area contributed by atoms with E-state index in [-0.39, 0.29) is 5.92 Å². The third kappa shape index (κ3) is 1.60. The largest absolute Gasteiger partial charge is 0.381 e. The first-order valence-corrected chi connectivity index (χ1v) is 3.82. The van der Waals surface area contributed by atoms with E-state index in [0.29, 0.717) is 6.61 Å². The number of methoxy groups -OCH3 is 1. The Morgan fingerprint density at radius 2 is 2.45 bits per heavy atom. The van der Waals surface area contributed by atoms with Gasteiger partial charge in [-0.15, -0.1) is 0 Å². The average molecular weight is 158 g/mol. The van der Waals surface area contributed by atoms with Crippen LogP contribution >= 0.6 is 0 Å². The summed E-state index contributed by atoms with van der Waals surface area (Å²) < 4.78 is 10.3. The Balaban J connectivity index is 2.59. The lowest BCUT2D eigenvalue weighted by Crippen LogP contribution is -2.38. The maximum absolute atomic E-state index is 10.7. The fraction of sp³-hybridized carbons (Fsp3) is 0.875. The Morgan fingerprint density at radius 1 is 1.73 bits per heavy atom. The molecule has 0 aliphatic carbocycles. The number of hydrogen-bond donors (Lipinski definition) is 0. The lowest BCUT2D eigenvalue weighted by molar-refractivity contribution is -0.132. The van der Waals surface area contributed by atoms with Crippen molar-refractivity contribution in [2.75, 3.05) is 20.3 Å². The summed E-state index contributed by atoms with van der Waals surface area (Å²) in [4.78, 5) is 10.7. The van der Waals surface area contributed by atoms with Crippen LogP contribution in [0.2, 0.25) is 0 Å². The van der Waals surface area contributed by atoms with Gasteiger partial charge in [0.05, 0.1) is 6.61 Å². The van der Waals surface area contributed by atoms with Crippen LogP contribution in [0.5, 0.6) is 0 Å². The van der Waals surface area contributed by atoms with Crippen LogP contribution in [0.25, 0.3) is 0 Å². The van der Waals surface area contributed by atoms with Gasteiger partial charge < -0.3 is 14.3 Å². The molecule has 0 aromatic rings. The van der Waals surface area contributed by atoms with Crippen LogP contribution in [0.3, 0.4) is 0 Å². The highest BCUT2D eigenvalue weighted by Gasteiger charge is 2.36. The fourth-order valence-electron chi connectivity index (χ4n) is 1.30. The van der Waals surface area contributed by atoms with Gasteiger partial charge in [0.2, 0.25) is 0 Å². The molecule has 0 aromatic heterocycles. The molecule has 0 aromatic carbocycles. The van der Waals surface area contributed by atoms with Crippen molar-refractivity contribution in [2.24, 2.45) is 5.92 Å². The van der Waals surface area contributed by atoms with Crippen molar-refractivity contribution in [2.45, 2.75) is 18.9 Å². The average Bonchev–Trinajstić information content (AvgIpc) is 2.55. The summed E-state index contributed by atoms with van der Waals surface area (Å²) in [5, 5.41) is 0. The van der Waals surface area contributed by atoms with Gasteiger partial charge in [-0.25, -0.2) is 0 Å². The molecule has 1 aliphatic heterocycles. The molecule has 0 amide bonds. The number of aldehydes is 1. The van der Waals surface area contributed by atoms with E-state index in [4.69, 9.17) is 9.47 Å². The van der Waals surface area contributed by atoms with Gasteiger partial charge in [0, 0.05) is 19.6 Å². The van der Waals surface area contributed by atoms with Crippen LogP contribution in [-0.4, -0.2) is 32.2 Å². The molecule has 1 fully saturated rings. The summed E-state index contributed by atoms with van der Waals surface area (Å²) in [5.41, 5.74) is -0.642. The summed E-state index contributed by atoms with van der Waals surface area (Å²) in [6, 6.07) is 0. The summed E-state index contributed by atoms with van der Waals surface area (Å²) in [5.74, 6) is 0.227. The van der Waals surface area contributed by atoms with E-state index in [0.717, 1.165) is 19.3 Å². The summed E-state index contributed by atoms with van der Waals surface area (Å²) >= 11 is 0. The fourth-order valence-corrected chi connectivity index (χ4v) is 1.30. The second-order valence-corrected chi connectivity index (χ2v) is 3.07. The minimum Gasteiger partial charge on any atom is -0.381 e. The van der Waals surface area contributed by atoms with Gasteiger partial charge in [-0.1, -0.05) is 0 Å². The monoisotopic (exact) mass is 158 g/mol. The zero-order chi connectivity index (χ0) is 8.32. The second-order valence-electron chi connectivity index (χ2n) is 3.07. The number of carbonyl (C=O) groups is 1. The quantitative estimate of drug-likeness (QED) is 0.565. The van der Waals surface area contributed by atoms with E-state index < -0.39 is 5.60 Å². The maximum atomic E-state index is 10.7. The van der Waals surface area contributed by atoms with Gasteiger partial charge in [0.1, 0.15) is 5.60 Å². The highest BCUT2D eigenvalue weighted by atomic mass is 16.5. The summed E-state index contributed by atoms with van der Waals surface area (Å²) in [7, 11) is 1.56. The third-order valence-corrected chi connectivity index (χ3v) is 2.41. The van der Waals surface area contributed by atoms with E-state index in [1.165, 1.54) is 0 Å². The van der Waals surface area contributed by atoms with E-state index in [2.05, 4.69) is 0 Å². The first-order chi connectivity index (χ1) is 5.23. The molecule has 0 radical (unpaired) electrons. The SMILES string of the molecule is COC(C)(C=O)C1CCOC1. The number of ether oxygens (including phenoxy) is 2.